The molecule has 0 saturated heterocycles. The van der Waals surface area contributed by atoms with Crippen molar-refractivity contribution in [1.82, 2.24) is 0 Å². The predicted molar refractivity (Wildman–Crippen MR) is 84.7 cm³/mol. The van der Waals surface area contributed by atoms with Crippen molar-refractivity contribution in [3.8, 4) is 0 Å². The van der Waals surface area contributed by atoms with E-state index in [9.17, 15) is 26.4 Å². The lowest BCUT2D eigenvalue weighted by molar-refractivity contribution is -0.136. The van der Waals surface area contributed by atoms with E-state index in [4.69, 9.17) is 4.74 Å². The van der Waals surface area contributed by atoms with Gasteiger partial charge in [-0.3, -0.25) is 4.72 Å². The second-order valence-corrected chi connectivity index (χ2v) is 6.58. The van der Waals surface area contributed by atoms with Crippen LogP contribution in [0.3, 0.4) is 0 Å². The van der Waals surface area contributed by atoms with E-state index in [0.29, 0.717) is 0 Å². The molecule has 0 bridgehead atoms. The number of anilines is 1. The van der Waals surface area contributed by atoms with Crippen LogP contribution in [0.1, 0.15) is 22.8 Å². The van der Waals surface area contributed by atoms with Crippen molar-refractivity contribution in [2.75, 3.05) is 11.3 Å². The number of ether oxygens (including phenoxy) is 1. The van der Waals surface area contributed by atoms with Crippen LogP contribution in [0.2, 0.25) is 0 Å². The van der Waals surface area contributed by atoms with E-state index in [0.717, 1.165) is 30.3 Å². The number of sulfonamides is 1. The molecule has 0 fully saturated rings. The Bertz CT molecular complexity index is 862. The predicted octanol–water partition coefficient (Wildman–Crippen LogP) is 3.68. The van der Waals surface area contributed by atoms with Gasteiger partial charge in [0.15, 0.2) is 0 Å². The van der Waals surface area contributed by atoms with Crippen LogP contribution in [-0.4, -0.2) is 21.0 Å². The Morgan fingerprint density at radius 1 is 1.08 bits per heavy atom. The van der Waals surface area contributed by atoms with Gasteiger partial charge in [-0.2, -0.15) is 13.2 Å². The average molecular weight is 373 g/mol. The number of para-hydroxylation sites is 1. The molecule has 0 spiro atoms. The first-order valence-electron chi connectivity index (χ1n) is 7.11. The van der Waals surface area contributed by atoms with Gasteiger partial charge >= 0.3 is 12.1 Å². The molecule has 2 rings (SSSR count). The minimum Gasteiger partial charge on any atom is -0.462 e. The molecule has 0 aromatic heterocycles. The molecule has 0 unspecified atom stereocenters. The summed E-state index contributed by atoms with van der Waals surface area (Å²) in [5.41, 5.74) is -1.54. The lowest BCUT2D eigenvalue weighted by atomic mass is 10.2. The Labute approximate surface area is 142 Å². The van der Waals surface area contributed by atoms with Gasteiger partial charge in [-0.05, 0) is 43.3 Å². The first-order valence-corrected chi connectivity index (χ1v) is 8.59. The second kappa shape index (κ2) is 7.14. The van der Waals surface area contributed by atoms with Gasteiger partial charge in [0.05, 0.1) is 28.3 Å². The summed E-state index contributed by atoms with van der Waals surface area (Å²) in [6.07, 6.45) is -4.70. The second-order valence-electron chi connectivity index (χ2n) is 4.89. The van der Waals surface area contributed by atoms with Crippen LogP contribution in [0.15, 0.2) is 53.4 Å². The summed E-state index contributed by atoms with van der Waals surface area (Å²) in [5.74, 6) is -0.623. The van der Waals surface area contributed by atoms with Gasteiger partial charge in [-0.1, -0.05) is 12.1 Å². The number of alkyl halides is 3. The monoisotopic (exact) mass is 373 g/mol. The first kappa shape index (κ1) is 18.8. The molecule has 0 aliphatic heterocycles. The fourth-order valence-corrected chi connectivity index (χ4v) is 3.09. The minimum absolute atomic E-state index is 0.136. The summed E-state index contributed by atoms with van der Waals surface area (Å²) >= 11 is 0. The van der Waals surface area contributed by atoms with E-state index >= 15 is 0 Å². The number of rotatable bonds is 5. The van der Waals surface area contributed by atoms with Crippen LogP contribution in [0.5, 0.6) is 0 Å². The lowest BCUT2D eigenvalue weighted by Gasteiger charge is -2.14. The molecule has 0 aliphatic rings. The largest absolute Gasteiger partial charge is 0.462 e. The molecule has 0 saturated carbocycles. The molecule has 25 heavy (non-hydrogen) atoms. The number of esters is 1. The zero-order chi connectivity index (χ0) is 18.7. The molecule has 0 amide bonds. The van der Waals surface area contributed by atoms with E-state index in [1.54, 1.807) is 6.92 Å². The Morgan fingerprint density at radius 2 is 1.68 bits per heavy atom. The van der Waals surface area contributed by atoms with E-state index in [1.165, 1.54) is 18.2 Å². The summed E-state index contributed by atoms with van der Waals surface area (Å²) in [6.45, 7) is 1.79. The zero-order valence-corrected chi connectivity index (χ0v) is 13.8. The number of hydrogen-bond acceptors (Lipinski definition) is 4. The van der Waals surface area contributed by atoms with Gasteiger partial charge < -0.3 is 4.74 Å². The Kier molecular flexibility index (Phi) is 5.36. The Morgan fingerprint density at radius 3 is 2.24 bits per heavy atom. The number of nitrogens with one attached hydrogen (secondary N) is 1. The number of hydrogen-bond donors (Lipinski definition) is 1. The Hall–Kier alpha value is -2.55. The lowest BCUT2D eigenvalue weighted by Crippen LogP contribution is -2.17. The fourth-order valence-electron chi connectivity index (χ4n) is 2.01. The molecule has 0 heterocycles. The Balaban J connectivity index is 2.30. The maximum atomic E-state index is 13.0. The molecular formula is C16H14F3NO4S. The molecule has 2 aromatic carbocycles. The third kappa shape index (κ3) is 4.50. The number of carbonyl (C=O) groups excluding carboxylic acids is 1. The quantitative estimate of drug-likeness (QED) is 0.812. The fraction of sp³-hybridized carbons (Fsp3) is 0.188. The van der Waals surface area contributed by atoms with E-state index in [-0.39, 0.29) is 17.1 Å². The molecule has 2 aromatic rings. The molecule has 5 nitrogen and oxygen atoms in total. The van der Waals surface area contributed by atoms with Crippen molar-refractivity contribution in [2.24, 2.45) is 0 Å². The summed E-state index contributed by atoms with van der Waals surface area (Å²) in [5, 5.41) is 0. The standard InChI is InChI=1S/C16H14F3NO4S/c1-2-24-15(21)11-7-9-12(10-8-11)25(22,23)20-14-6-4-3-5-13(14)16(17,18)19/h3-10,20H,2H2,1H3. The summed E-state index contributed by atoms with van der Waals surface area (Å²) in [7, 11) is -4.25. The smallest absolute Gasteiger partial charge is 0.418 e. The maximum Gasteiger partial charge on any atom is 0.418 e. The number of halogens is 3. The van der Waals surface area contributed by atoms with Gasteiger partial charge in [0, 0.05) is 0 Å². The molecule has 134 valence electrons. The van der Waals surface area contributed by atoms with Crippen molar-refractivity contribution in [3.63, 3.8) is 0 Å². The number of benzene rings is 2. The highest BCUT2D eigenvalue weighted by atomic mass is 32.2. The van der Waals surface area contributed by atoms with Gasteiger partial charge in [-0.15, -0.1) is 0 Å². The van der Waals surface area contributed by atoms with Crippen LogP contribution in [0.4, 0.5) is 18.9 Å². The highest BCUT2D eigenvalue weighted by Gasteiger charge is 2.34. The van der Waals surface area contributed by atoms with Crippen LogP contribution in [0, 0.1) is 0 Å². The molecule has 0 radical (unpaired) electrons. The summed E-state index contributed by atoms with van der Waals surface area (Å²) < 4.78 is 70.1. The van der Waals surface area contributed by atoms with Gasteiger partial charge in [0.2, 0.25) is 0 Å². The maximum absolute atomic E-state index is 13.0. The van der Waals surface area contributed by atoms with E-state index in [2.05, 4.69) is 0 Å². The number of carbonyl (C=O) groups is 1. The SMILES string of the molecule is CCOC(=O)c1ccc(S(=O)(=O)Nc2ccccc2C(F)(F)F)cc1. The minimum atomic E-state index is -4.70. The van der Waals surface area contributed by atoms with Gasteiger partial charge in [-0.25, -0.2) is 13.2 Å². The van der Waals surface area contributed by atoms with Crippen molar-refractivity contribution in [1.29, 1.82) is 0 Å². The van der Waals surface area contributed by atoms with Crippen molar-refractivity contribution >= 4 is 21.7 Å². The van der Waals surface area contributed by atoms with Crippen molar-refractivity contribution in [2.45, 2.75) is 18.0 Å². The van der Waals surface area contributed by atoms with Crippen LogP contribution < -0.4 is 4.72 Å². The van der Waals surface area contributed by atoms with Crippen LogP contribution in [-0.2, 0) is 20.9 Å². The average Bonchev–Trinajstić information content (AvgIpc) is 2.54. The normalized spacial score (nSPS) is 11.8. The van der Waals surface area contributed by atoms with E-state index < -0.39 is 33.4 Å². The highest BCUT2D eigenvalue weighted by Crippen LogP contribution is 2.35. The van der Waals surface area contributed by atoms with E-state index in [1.807, 2.05) is 4.72 Å². The summed E-state index contributed by atoms with van der Waals surface area (Å²) in [4.78, 5) is 11.3. The van der Waals surface area contributed by atoms with Crippen LogP contribution in [0.25, 0.3) is 0 Å². The molecule has 0 atom stereocenters. The third-order valence-electron chi connectivity index (χ3n) is 3.15. The molecule has 1 N–H and O–H groups in total. The topological polar surface area (TPSA) is 72.5 Å². The first-order chi connectivity index (χ1) is 11.6. The van der Waals surface area contributed by atoms with Gasteiger partial charge in [0.25, 0.3) is 10.0 Å². The van der Waals surface area contributed by atoms with Crippen LogP contribution >= 0.6 is 0 Å². The summed E-state index contributed by atoms with van der Waals surface area (Å²) in [6, 6.07) is 8.93. The van der Waals surface area contributed by atoms with Crippen molar-refractivity contribution in [3.05, 3.63) is 59.7 Å². The molecule has 0 aliphatic carbocycles. The van der Waals surface area contributed by atoms with Gasteiger partial charge in [0.1, 0.15) is 0 Å². The van der Waals surface area contributed by atoms with Crippen molar-refractivity contribution < 1.29 is 31.1 Å². The highest BCUT2D eigenvalue weighted by molar-refractivity contribution is 7.92. The third-order valence-corrected chi connectivity index (χ3v) is 4.53. The zero-order valence-electron chi connectivity index (χ0n) is 13.0. The molecular weight excluding hydrogens is 359 g/mol. The molecule has 9 heteroatoms.